The van der Waals surface area contributed by atoms with Crippen LogP contribution in [0.25, 0.3) is 10.4 Å². The largest absolute Gasteiger partial charge is 0.343 e. The predicted molar refractivity (Wildman–Crippen MR) is 102 cm³/mol. The van der Waals surface area contributed by atoms with E-state index < -0.39 is 11.8 Å². The lowest BCUT2D eigenvalue weighted by atomic mass is 10.2. The minimum atomic E-state index is -0.553. The zero-order valence-corrected chi connectivity index (χ0v) is 15.5. The van der Waals surface area contributed by atoms with E-state index in [0.717, 1.165) is 10.4 Å². The molecule has 0 saturated carbocycles. The number of benzene rings is 1. The van der Waals surface area contributed by atoms with Crippen molar-refractivity contribution in [3.63, 3.8) is 0 Å². The molecular weight excluding hydrogens is 389 g/mol. The summed E-state index contributed by atoms with van der Waals surface area (Å²) >= 11 is 2.59. The van der Waals surface area contributed by atoms with Gasteiger partial charge in [-0.15, -0.1) is 11.3 Å². The first-order valence-electron chi connectivity index (χ1n) is 7.78. The molecule has 0 aliphatic carbocycles. The Balaban J connectivity index is 1.48. The molecule has 0 aliphatic heterocycles. The molecule has 2 aromatic heterocycles. The zero-order valence-electron chi connectivity index (χ0n) is 13.8. The molecule has 0 unspecified atom stereocenters. The van der Waals surface area contributed by atoms with Gasteiger partial charge < -0.3 is 5.32 Å². The number of carbonyl (C=O) groups is 3. The monoisotopic (exact) mass is 403 g/mol. The molecule has 3 aromatic rings. The number of halogens is 1. The SMILES string of the molecule is O=C(CNC(=O)c1ccsc1)NNC(=O)c1ccc(-c2ccc(F)cc2)s1. The highest BCUT2D eigenvalue weighted by molar-refractivity contribution is 7.17. The zero-order chi connectivity index (χ0) is 19.2. The normalized spacial score (nSPS) is 10.3. The van der Waals surface area contributed by atoms with Crippen molar-refractivity contribution < 1.29 is 18.8 Å². The second-order valence-electron chi connectivity index (χ2n) is 5.37. The van der Waals surface area contributed by atoms with E-state index in [9.17, 15) is 18.8 Å². The Kier molecular flexibility index (Phi) is 5.94. The molecule has 0 spiro atoms. The van der Waals surface area contributed by atoms with E-state index in [0.29, 0.717) is 10.4 Å². The number of carbonyl (C=O) groups excluding carboxylic acids is 3. The second kappa shape index (κ2) is 8.56. The summed E-state index contributed by atoms with van der Waals surface area (Å²) in [5, 5.41) is 5.89. The second-order valence-corrected chi connectivity index (χ2v) is 7.23. The van der Waals surface area contributed by atoms with E-state index in [1.165, 1.54) is 34.8 Å². The summed E-state index contributed by atoms with van der Waals surface area (Å²) in [4.78, 5) is 36.8. The van der Waals surface area contributed by atoms with Gasteiger partial charge in [0.2, 0.25) is 0 Å². The van der Waals surface area contributed by atoms with Crippen molar-refractivity contribution in [1.29, 1.82) is 0 Å². The van der Waals surface area contributed by atoms with E-state index in [4.69, 9.17) is 0 Å². The van der Waals surface area contributed by atoms with Crippen LogP contribution in [0.15, 0.2) is 53.2 Å². The summed E-state index contributed by atoms with van der Waals surface area (Å²) in [7, 11) is 0. The van der Waals surface area contributed by atoms with Crippen LogP contribution in [0, 0.1) is 5.82 Å². The molecule has 6 nitrogen and oxygen atoms in total. The van der Waals surface area contributed by atoms with E-state index in [1.54, 1.807) is 41.1 Å². The van der Waals surface area contributed by atoms with Gasteiger partial charge in [0, 0.05) is 15.8 Å². The van der Waals surface area contributed by atoms with Crippen LogP contribution in [-0.4, -0.2) is 24.3 Å². The molecule has 0 saturated heterocycles. The van der Waals surface area contributed by atoms with Gasteiger partial charge >= 0.3 is 0 Å². The molecule has 0 aliphatic rings. The third-order valence-electron chi connectivity index (χ3n) is 3.47. The maximum atomic E-state index is 13.0. The van der Waals surface area contributed by atoms with Crippen molar-refractivity contribution in [1.82, 2.24) is 16.2 Å². The quantitative estimate of drug-likeness (QED) is 0.573. The molecule has 1 aromatic carbocycles. The Labute approximate surface area is 162 Å². The summed E-state index contributed by atoms with van der Waals surface area (Å²) in [5.74, 6) is -1.73. The van der Waals surface area contributed by atoms with Crippen molar-refractivity contribution in [2.24, 2.45) is 0 Å². The Hall–Kier alpha value is -3.04. The summed E-state index contributed by atoms with van der Waals surface area (Å²) in [6.45, 7) is -0.264. The van der Waals surface area contributed by atoms with E-state index in [1.807, 2.05) is 0 Å². The molecule has 9 heteroatoms. The summed E-state index contributed by atoms with van der Waals surface area (Å²) in [6, 6.07) is 11.0. The molecule has 2 heterocycles. The molecule has 0 atom stereocenters. The van der Waals surface area contributed by atoms with Crippen LogP contribution >= 0.6 is 22.7 Å². The predicted octanol–water partition coefficient (Wildman–Crippen LogP) is 2.81. The first-order chi connectivity index (χ1) is 13.0. The number of amides is 3. The highest BCUT2D eigenvalue weighted by Gasteiger charge is 2.12. The van der Waals surface area contributed by atoms with E-state index >= 15 is 0 Å². The number of hydrazine groups is 1. The maximum absolute atomic E-state index is 13.0. The topological polar surface area (TPSA) is 87.3 Å². The number of hydrogen-bond donors (Lipinski definition) is 3. The third kappa shape index (κ3) is 4.99. The molecule has 138 valence electrons. The van der Waals surface area contributed by atoms with Crippen molar-refractivity contribution >= 4 is 40.4 Å². The standard InChI is InChI=1S/C18H14FN3O3S2/c19-13-3-1-11(2-4-13)14-5-6-15(27-14)18(25)22-21-16(23)9-20-17(24)12-7-8-26-10-12/h1-8,10H,9H2,(H,20,24)(H,21,23)(H,22,25). The number of nitrogens with one attached hydrogen (secondary N) is 3. The fraction of sp³-hybridized carbons (Fsp3) is 0.0556. The number of rotatable bonds is 5. The molecule has 0 radical (unpaired) electrons. The van der Waals surface area contributed by atoms with Gasteiger partial charge in [-0.1, -0.05) is 12.1 Å². The summed E-state index contributed by atoms with van der Waals surface area (Å²) in [6.07, 6.45) is 0. The van der Waals surface area contributed by atoms with Crippen LogP contribution in [0.1, 0.15) is 20.0 Å². The maximum Gasteiger partial charge on any atom is 0.279 e. The van der Waals surface area contributed by atoms with Gasteiger partial charge in [-0.2, -0.15) is 11.3 Å². The minimum absolute atomic E-state index is 0.264. The molecule has 3 amide bonds. The van der Waals surface area contributed by atoms with Gasteiger partial charge in [0.15, 0.2) is 0 Å². The van der Waals surface area contributed by atoms with E-state index in [2.05, 4.69) is 16.2 Å². The molecular formula is C18H14FN3O3S2. The van der Waals surface area contributed by atoms with Crippen molar-refractivity contribution in [3.8, 4) is 10.4 Å². The van der Waals surface area contributed by atoms with E-state index in [-0.39, 0.29) is 18.3 Å². The van der Waals surface area contributed by atoms with Crippen LogP contribution in [0.3, 0.4) is 0 Å². The third-order valence-corrected chi connectivity index (χ3v) is 5.28. The van der Waals surface area contributed by atoms with Gasteiger partial charge in [-0.3, -0.25) is 25.2 Å². The van der Waals surface area contributed by atoms with Crippen molar-refractivity contribution in [3.05, 3.63) is 69.5 Å². The van der Waals surface area contributed by atoms with Crippen molar-refractivity contribution in [2.45, 2.75) is 0 Å². The van der Waals surface area contributed by atoms with Gasteiger partial charge in [0.1, 0.15) is 5.82 Å². The average molecular weight is 403 g/mol. The first-order valence-corrected chi connectivity index (χ1v) is 9.54. The van der Waals surface area contributed by atoms with Gasteiger partial charge in [0.25, 0.3) is 17.7 Å². The number of hydrogen-bond acceptors (Lipinski definition) is 5. The highest BCUT2D eigenvalue weighted by atomic mass is 32.1. The molecule has 0 bridgehead atoms. The van der Waals surface area contributed by atoms with Gasteiger partial charge in [-0.25, -0.2) is 4.39 Å². The smallest absolute Gasteiger partial charge is 0.279 e. The Morgan fingerprint density at radius 2 is 1.70 bits per heavy atom. The first kappa shape index (κ1) is 18.7. The van der Waals surface area contributed by atoms with Gasteiger partial charge in [0.05, 0.1) is 11.4 Å². The fourth-order valence-corrected chi connectivity index (χ4v) is 3.66. The van der Waals surface area contributed by atoms with Crippen LogP contribution in [-0.2, 0) is 4.79 Å². The average Bonchev–Trinajstić information content (AvgIpc) is 3.36. The van der Waals surface area contributed by atoms with Gasteiger partial charge in [-0.05, 0) is 41.3 Å². The number of thiophene rings is 2. The molecule has 27 heavy (non-hydrogen) atoms. The van der Waals surface area contributed by atoms with Crippen molar-refractivity contribution in [2.75, 3.05) is 6.54 Å². The van der Waals surface area contributed by atoms with Crippen LogP contribution in [0.2, 0.25) is 0 Å². The Bertz CT molecular complexity index is 953. The summed E-state index contributed by atoms with van der Waals surface area (Å²) in [5.41, 5.74) is 5.81. The highest BCUT2D eigenvalue weighted by Crippen LogP contribution is 2.28. The molecule has 3 rings (SSSR count). The lowest BCUT2D eigenvalue weighted by molar-refractivity contribution is -0.120. The van der Waals surface area contributed by atoms with Crippen LogP contribution in [0.5, 0.6) is 0 Å². The lowest BCUT2D eigenvalue weighted by Crippen LogP contribution is -2.46. The summed E-state index contributed by atoms with van der Waals surface area (Å²) < 4.78 is 13.0. The lowest BCUT2D eigenvalue weighted by Gasteiger charge is -2.07. The minimum Gasteiger partial charge on any atom is -0.343 e. The molecule has 3 N–H and O–H groups in total. The Morgan fingerprint density at radius 1 is 0.926 bits per heavy atom. The Morgan fingerprint density at radius 3 is 2.41 bits per heavy atom. The van der Waals surface area contributed by atoms with Crippen LogP contribution < -0.4 is 16.2 Å². The molecule has 0 fully saturated rings. The fourth-order valence-electron chi connectivity index (χ4n) is 2.12. The van der Waals surface area contributed by atoms with Crippen LogP contribution in [0.4, 0.5) is 4.39 Å².